The van der Waals surface area contributed by atoms with Gasteiger partial charge in [-0.05, 0) is 90.4 Å². The number of benzene rings is 3. The van der Waals surface area contributed by atoms with Gasteiger partial charge < -0.3 is 25.3 Å². The average Bonchev–Trinajstić information content (AvgIpc) is 3.52. The number of allylic oxidation sites excluding steroid dienone is 1. The third kappa shape index (κ3) is 5.21. The maximum Gasteiger partial charge on any atom is 0.304 e. The second-order valence-corrected chi connectivity index (χ2v) is 10.3. The van der Waals surface area contributed by atoms with Crippen LogP contribution in [0.4, 0.5) is 4.39 Å². The van der Waals surface area contributed by atoms with Crippen LogP contribution in [0.15, 0.2) is 54.6 Å². The molecular formula is C32H31FN2O5. The van der Waals surface area contributed by atoms with E-state index in [1.54, 1.807) is 12.1 Å². The molecule has 1 aliphatic heterocycles. The molecule has 7 nitrogen and oxygen atoms in total. The first-order valence-electron chi connectivity index (χ1n) is 13.2. The third-order valence-electron chi connectivity index (χ3n) is 7.61. The number of aliphatic carboxylic acids is 1. The standard InChI is InChI=1S/C32H31FN2O5/c1-17-12-19(26(34)9-11-29(36)35-3)13-18(2)31(17)23-6-8-25(33)32-24(23)7-10-27(32)40-21-4-5-22-20(14-30(37)38)16-39-28(22)15-21/h4-6,8-9,11-13,15,20,27,34H,7,10,14,16H2,1-3H3,(H,35,36)(H,37,38)/b11-9-,34-26?/t20-,27-/m1/s1. The minimum Gasteiger partial charge on any atom is -0.492 e. The van der Waals surface area contributed by atoms with Gasteiger partial charge in [-0.15, -0.1) is 0 Å². The lowest BCUT2D eigenvalue weighted by molar-refractivity contribution is -0.137. The molecule has 0 spiro atoms. The van der Waals surface area contributed by atoms with Crippen molar-refractivity contribution in [3.63, 3.8) is 0 Å². The summed E-state index contributed by atoms with van der Waals surface area (Å²) in [5.74, 6) is -0.485. The summed E-state index contributed by atoms with van der Waals surface area (Å²) in [6.07, 6.45) is 3.61. The van der Waals surface area contributed by atoms with Crippen molar-refractivity contribution in [2.75, 3.05) is 13.7 Å². The fourth-order valence-corrected chi connectivity index (χ4v) is 5.78. The molecule has 1 amide bonds. The Balaban J connectivity index is 1.42. The number of nitrogens with one attached hydrogen (secondary N) is 2. The van der Waals surface area contributed by atoms with Crippen molar-refractivity contribution >= 4 is 17.6 Å². The number of carbonyl (C=O) groups excluding carboxylic acids is 1. The first kappa shape index (κ1) is 27.1. The van der Waals surface area contributed by atoms with E-state index in [1.165, 1.54) is 25.3 Å². The van der Waals surface area contributed by atoms with Gasteiger partial charge in [-0.25, -0.2) is 4.39 Å². The molecule has 40 heavy (non-hydrogen) atoms. The molecular weight excluding hydrogens is 511 g/mol. The quantitative estimate of drug-likeness (QED) is 0.246. The number of carboxylic acids is 1. The first-order chi connectivity index (χ1) is 19.2. The van der Waals surface area contributed by atoms with Gasteiger partial charge in [0.2, 0.25) is 5.91 Å². The van der Waals surface area contributed by atoms with Gasteiger partial charge in [-0.1, -0.05) is 12.1 Å². The van der Waals surface area contributed by atoms with E-state index in [9.17, 15) is 9.59 Å². The Bertz CT molecular complexity index is 1540. The van der Waals surface area contributed by atoms with Crippen molar-refractivity contribution < 1.29 is 28.6 Å². The molecule has 1 heterocycles. The van der Waals surface area contributed by atoms with E-state index in [0.29, 0.717) is 42.1 Å². The lowest BCUT2D eigenvalue weighted by atomic mass is 9.88. The van der Waals surface area contributed by atoms with Crippen LogP contribution >= 0.6 is 0 Å². The van der Waals surface area contributed by atoms with Crippen LogP contribution in [-0.2, 0) is 16.0 Å². The predicted molar refractivity (Wildman–Crippen MR) is 150 cm³/mol. The summed E-state index contributed by atoms with van der Waals surface area (Å²) in [5.41, 5.74) is 7.10. The summed E-state index contributed by atoms with van der Waals surface area (Å²) in [6, 6.07) is 12.5. The molecule has 2 aliphatic rings. The van der Waals surface area contributed by atoms with Crippen molar-refractivity contribution in [2.24, 2.45) is 0 Å². The number of fused-ring (bicyclic) bond motifs is 2. The summed E-state index contributed by atoms with van der Waals surface area (Å²) >= 11 is 0. The number of aryl methyl sites for hydroxylation is 2. The molecule has 0 bridgehead atoms. The molecule has 1 aliphatic carbocycles. The number of ether oxygens (including phenoxy) is 2. The van der Waals surface area contributed by atoms with Gasteiger partial charge in [0.05, 0.1) is 18.7 Å². The van der Waals surface area contributed by atoms with Crippen molar-refractivity contribution in [3.05, 3.63) is 93.8 Å². The summed E-state index contributed by atoms with van der Waals surface area (Å²) < 4.78 is 27.2. The fourth-order valence-electron chi connectivity index (χ4n) is 5.78. The van der Waals surface area contributed by atoms with Gasteiger partial charge in [-0.2, -0.15) is 0 Å². The van der Waals surface area contributed by atoms with Gasteiger partial charge in [0, 0.05) is 36.2 Å². The van der Waals surface area contributed by atoms with E-state index in [4.69, 9.17) is 20.0 Å². The number of hydrogen-bond acceptors (Lipinski definition) is 5. The lowest BCUT2D eigenvalue weighted by Crippen LogP contribution is -2.14. The summed E-state index contributed by atoms with van der Waals surface area (Å²) in [4.78, 5) is 22.7. The average molecular weight is 543 g/mol. The second-order valence-electron chi connectivity index (χ2n) is 10.3. The van der Waals surface area contributed by atoms with Gasteiger partial charge in [0.1, 0.15) is 23.4 Å². The van der Waals surface area contributed by atoms with Crippen LogP contribution in [0.25, 0.3) is 11.1 Å². The topological polar surface area (TPSA) is 109 Å². The highest BCUT2D eigenvalue weighted by atomic mass is 19.1. The molecule has 206 valence electrons. The largest absolute Gasteiger partial charge is 0.492 e. The van der Waals surface area contributed by atoms with Crippen molar-refractivity contribution in [3.8, 4) is 22.6 Å². The van der Waals surface area contributed by atoms with E-state index in [2.05, 4.69) is 5.32 Å². The van der Waals surface area contributed by atoms with Crippen LogP contribution in [0, 0.1) is 25.1 Å². The minimum absolute atomic E-state index is 0.00481. The van der Waals surface area contributed by atoms with Crippen molar-refractivity contribution in [1.29, 1.82) is 5.41 Å². The number of rotatable bonds is 8. The van der Waals surface area contributed by atoms with Crippen LogP contribution in [-0.4, -0.2) is 36.3 Å². The minimum atomic E-state index is -0.869. The Morgan fingerprint density at radius 1 is 1.15 bits per heavy atom. The summed E-state index contributed by atoms with van der Waals surface area (Å²) in [7, 11) is 1.54. The molecule has 0 fully saturated rings. The Hall–Kier alpha value is -4.46. The zero-order chi connectivity index (χ0) is 28.6. The highest BCUT2D eigenvalue weighted by Gasteiger charge is 2.32. The molecule has 0 radical (unpaired) electrons. The molecule has 5 rings (SSSR count). The molecule has 3 N–H and O–H groups in total. The normalized spacial score (nSPS) is 17.3. The van der Waals surface area contributed by atoms with Crippen LogP contribution in [0.2, 0.25) is 0 Å². The highest BCUT2D eigenvalue weighted by molar-refractivity contribution is 6.09. The molecule has 0 unspecified atom stereocenters. The Kier molecular flexibility index (Phi) is 7.43. The summed E-state index contributed by atoms with van der Waals surface area (Å²) in [6.45, 7) is 4.27. The Morgan fingerprint density at radius 2 is 1.90 bits per heavy atom. The second kappa shape index (κ2) is 11.0. The number of halogens is 1. The SMILES string of the molecule is CNC(=O)/C=C\C(=N)c1cc(C)c(-c2ccc(F)c3c2CC[C@H]3Oc2ccc3c(c2)OC[C@H]3CC(=O)O)c(C)c1. The van der Waals surface area contributed by atoms with Gasteiger partial charge in [-0.3, -0.25) is 9.59 Å². The predicted octanol–water partition coefficient (Wildman–Crippen LogP) is 5.80. The summed E-state index contributed by atoms with van der Waals surface area (Å²) in [5, 5.41) is 20.0. The highest BCUT2D eigenvalue weighted by Crippen LogP contribution is 2.45. The number of hydrogen-bond donors (Lipinski definition) is 3. The molecule has 0 saturated heterocycles. The molecule has 0 aromatic heterocycles. The number of likely N-dealkylation sites (N-methyl/N-ethyl adjacent to an activating group) is 1. The van der Waals surface area contributed by atoms with E-state index < -0.39 is 12.1 Å². The van der Waals surface area contributed by atoms with Crippen LogP contribution < -0.4 is 14.8 Å². The molecule has 3 aromatic rings. The van der Waals surface area contributed by atoms with Gasteiger partial charge in [0.15, 0.2) is 0 Å². The van der Waals surface area contributed by atoms with Crippen LogP contribution in [0.1, 0.15) is 58.2 Å². The van der Waals surface area contributed by atoms with Crippen LogP contribution in [0.5, 0.6) is 11.5 Å². The van der Waals surface area contributed by atoms with E-state index in [1.807, 2.05) is 38.1 Å². The first-order valence-corrected chi connectivity index (χ1v) is 13.2. The van der Waals surface area contributed by atoms with Crippen molar-refractivity contribution in [2.45, 2.75) is 45.1 Å². The maximum absolute atomic E-state index is 15.3. The number of carboxylic acid groups (broad SMARTS) is 1. The van der Waals surface area contributed by atoms with Crippen molar-refractivity contribution in [1.82, 2.24) is 5.32 Å². The Morgan fingerprint density at radius 3 is 2.60 bits per heavy atom. The smallest absolute Gasteiger partial charge is 0.304 e. The number of amides is 1. The van der Waals surface area contributed by atoms with Crippen LogP contribution in [0.3, 0.4) is 0 Å². The maximum atomic E-state index is 15.3. The van der Waals surface area contributed by atoms with Gasteiger partial charge in [0.25, 0.3) is 0 Å². The monoisotopic (exact) mass is 542 g/mol. The van der Waals surface area contributed by atoms with E-state index in [-0.39, 0.29) is 29.8 Å². The lowest BCUT2D eigenvalue weighted by Gasteiger charge is -2.19. The van der Waals surface area contributed by atoms with E-state index >= 15 is 4.39 Å². The molecule has 2 atom stereocenters. The molecule has 8 heteroatoms. The molecule has 0 saturated carbocycles. The van der Waals surface area contributed by atoms with E-state index in [0.717, 1.165) is 33.4 Å². The molecule has 3 aromatic carbocycles. The third-order valence-corrected chi connectivity index (χ3v) is 7.61. The number of carbonyl (C=O) groups is 2. The van der Waals surface area contributed by atoms with Gasteiger partial charge >= 0.3 is 5.97 Å². The zero-order valence-electron chi connectivity index (χ0n) is 22.6. The Labute approximate surface area is 232 Å². The fraction of sp³-hybridized carbons (Fsp3) is 0.281. The zero-order valence-corrected chi connectivity index (χ0v) is 22.6.